The lowest BCUT2D eigenvalue weighted by molar-refractivity contribution is 0.584. The van der Waals surface area contributed by atoms with E-state index in [-0.39, 0.29) is 10.8 Å². The molecule has 2 nitrogen and oxygen atoms in total. The van der Waals surface area contributed by atoms with Gasteiger partial charge in [-0.25, -0.2) is 9.97 Å². The van der Waals surface area contributed by atoms with Gasteiger partial charge in [0.25, 0.3) is 0 Å². The van der Waals surface area contributed by atoms with Crippen LogP contribution in [0.1, 0.15) is 51.3 Å². The van der Waals surface area contributed by atoms with Crippen molar-refractivity contribution in [2.75, 3.05) is 0 Å². The molecule has 25 heavy (non-hydrogen) atoms. The molecule has 0 fully saturated rings. The van der Waals surface area contributed by atoms with Gasteiger partial charge >= 0.3 is 0 Å². The highest BCUT2D eigenvalue weighted by Gasteiger charge is 2.37. The maximum absolute atomic E-state index is 4.71. The quantitative estimate of drug-likeness (QED) is 0.568. The summed E-state index contributed by atoms with van der Waals surface area (Å²) in [6, 6.07) is 15.2. The average Bonchev–Trinajstić information content (AvgIpc) is 2.83. The molecule has 1 heterocycles. The Morgan fingerprint density at radius 3 is 2.04 bits per heavy atom. The van der Waals surface area contributed by atoms with Crippen LogP contribution in [0.4, 0.5) is 0 Å². The number of hydrogen-bond donors (Lipinski definition) is 0. The van der Waals surface area contributed by atoms with Crippen LogP contribution >= 0.6 is 0 Å². The number of hydrogen-bond acceptors (Lipinski definition) is 2. The maximum atomic E-state index is 4.71. The van der Waals surface area contributed by atoms with E-state index in [0.717, 1.165) is 17.0 Å². The third-order valence-corrected chi connectivity index (χ3v) is 5.34. The highest BCUT2D eigenvalue weighted by atomic mass is 14.9. The molecule has 0 spiro atoms. The summed E-state index contributed by atoms with van der Waals surface area (Å²) in [5.41, 5.74) is 7.66. The second kappa shape index (κ2) is 5.26. The smallest absolute Gasteiger partial charge is 0.159 e. The van der Waals surface area contributed by atoms with Gasteiger partial charge < -0.3 is 0 Å². The monoisotopic (exact) mass is 328 g/mol. The van der Waals surface area contributed by atoms with Crippen LogP contribution in [-0.2, 0) is 10.8 Å². The van der Waals surface area contributed by atoms with Crippen LogP contribution in [0.15, 0.2) is 54.9 Å². The Labute approximate surface area is 150 Å². The van der Waals surface area contributed by atoms with Crippen molar-refractivity contribution in [1.29, 1.82) is 0 Å². The summed E-state index contributed by atoms with van der Waals surface area (Å²) >= 11 is 0. The Bertz CT molecular complexity index is 945. The van der Waals surface area contributed by atoms with Crippen molar-refractivity contribution in [3.63, 3.8) is 0 Å². The number of fused-ring (bicyclic) bond motifs is 3. The summed E-state index contributed by atoms with van der Waals surface area (Å²) in [6.45, 7) is 11.2. The van der Waals surface area contributed by atoms with Gasteiger partial charge in [-0.05, 0) is 33.2 Å². The number of aromatic nitrogens is 2. The summed E-state index contributed by atoms with van der Waals surface area (Å²) in [5.74, 6) is 0.811. The van der Waals surface area contributed by atoms with Crippen LogP contribution in [0.3, 0.4) is 0 Å². The molecule has 1 aliphatic carbocycles. The lowest BCUT2D eigenvalue weighted by atomic mass is 9.80. The molecule has 0 N–H and O–H groups in total. The minimum atomic E-state index is -0.0470. The van der Waals surface area contributed by atoms with Gasteiger partial charge in [0.05, 0.1) is 0 Å². The number of rotatable bonds is 1. The third-order valence-electron chi connectivity index (χ3n) is 5.34. The molecule has 2 aromatic carbocycles. The molecule has 0 bridgehead atoms. The summed E-state index contributed by atoms with van der Waals surface area (Å²) < 4.78 is 0. The first kappa shape index (κ1) is 16.0. The largest absolute Gasteiger partial charge is 0.236 e. The molecule has 0 radical (unpaired) electrons. The molecule has 1 aliphatic rings. The van der Waals surface area contributed by atoms with Gasteiger partial charge in [0.15, 0.2) is 5.82 Å². The van der Waals surface area contributed by atoms with Gasteiger partial charge in [0, 0.05) is 23.4 Å². The molecule has 0 aliphatic heterocycles. The molecule has 1 aromatic heterocycles. The Hall–Kier alpha value is -2.48. The van der Waals surface area contributed by atoms with Gasteiger partial charge in [0.2, 0.25) is 0 Å². The average molecular weight is 328 g/mol. The van der Waals surface area contributed by atoms with E-state index in [0.29, 0.717) is 0 Å². The summed E-state index contributed by atoms with van der Waals surface area (Å²) in [5, 5.41) is 0. The zero-order valence-electron chi connectivity index (χ0n) is 15.6. The van der Waals surface area contributed by atoms with Crippen molar-refractivity contribution in [1.82, 2.24) is 9.97 Å². The highest BCUT2D eigenvalue weighted by molar-refractivity contribution is 5.86. The van der Waals surface area contributed by atoms with E-state index in [1.807, 2.05) is 12.4 Å². The van der Waals surface area contributed by atoms with Gasteiger partial charge in [-0.2, -0.15) is 0 Å². The topological polar surface area (TPSA) is 25.8 Å². The van der Waals surface area contributed by atoms with Crippen molar-refractivity contribution >= 4 is 0 Å². The first-order chi connectivity index (χ1) is 11.8. The Kier molecular flexibility index (Phi) is 3.37. The number of nitrogens with zero attached hydrogens (tertiary/aromatic N) is 2. The first-order valence-electron chi connectivity index (χ1n) is 8.86. The fourth-order valence-corrected chi connectivity index (χ4v) is 3.89. The molecule has 0 unspecified atom stereocenters. The molecule has 0 amide bonds. The van der Waals surface area contributed by atoms with Gasteiger partial charge in [-0.3, -0.25) is 0 Å². The standard InChI is InChI=1S/C23H24N2/c1-22(2,3)15-13-24-21(25-14-15)18-11-8-10-17-16-9-6-7-12-19(16)23(4,5)20(17)18/h6-14H,1-5H3. The highest BCUT2D eigenvalue weighted by Crippen LogP contribution is 2.51. The Morgan fingerprint density at radius 2 is 1.36 bits per heavy atom. The van der Waals surface area contributed by atoms with Crippen LogP contribution in [0.25, 0.3) is 22.5 Å². The normalized spacial score (nSPS) is 14.9. The fraction of sp³-hybridized carbons (Fsp3) is 0.304. The van der Waals surface area contributed by atoms with E-state index in [9.17, 15) is 0 Å². The van der Waals surface area contributed by atoms with Gasteiger partial charge in [0.1, 0.15) is 0 Å². The van der Waals surface area contributed by atoms with Crippen LogP contribution in [0.2, 0.25) is 0 Å². The second-order valence-electron chi connectivity index (χ2n) is 8.44. The molecule has 0 atom stereocenters. The summed E-state index contributed by atoms with van der Waals surface area (Å²) in [7, 11) is 0. The molecular formula is C23H24N2. The minimum absolute atomic E-state index is 0.0470. The van der Waals surface area contributed by atoms with Gasteiger partial charge in [-0.1, -0.05) is 77.1 Å². The zero-order chi connectivity index (χ0) is 17.8. The van der Waals surface area contributed by atoms with E-state index < -0.39 is 0 Å². The number of benzene rings is 2. The Morgan fingerprint density at radius 1 is 0.760 bits per heavy atom. The van der Waals surface area contributed by atoms with Crippen LogP contribution in [-0.4, -0.2) is 9.97 Å². The fourth-order valence-electron chi connectivity index (χ4n) is 3.89. The zero-order valence-corrected chi connectivity index (χ0v) is 15.6. The molecular weight excluding hydrogens is 304 g/mol. The van der Waals surface area contributed by atoms with Crippen LogP contribution in [0.5, 0.6) is 0 Å². The predicted octanol–water partition coefficient (Wildman–Crippen LogP) is 5.75. The SMILES string of the molecule is CC(C)(C)c1cnc(-c2cccc3c2C(C)(C)c2ccccc2-3)nc1. The van der Waals surface area contributed by atoms with Gasteiger partial charge in [-0.15, -0.1) is 0 Å². The summed E-state index contributed by atoms with van der Waals surface area (Å²) in [4.78, 5) is 9.42. The van der Waals surface area contributed by atoms with Crippen molar-refractivity contribution in [3.8, 4) is 22.5 Å². The third kappa shape index (κ3) is 2.39. The first-order valence-corrected chi connectivity index (χ1v) is 8.86. The van der Waals surface area contributed by atoms with Crippen molar-refractivity contribution in [3.05, 3.63) is 71.5 Å². The van der Waals surface area contributed by atoms with Crippen molar-refractivity contribution in [2.24, 2.45) is 0 Å². The lowest BCUT2D eigenvalue weighted by Gasteiger charge is -2.24. The minimum Gasteiger partial charge on any atom is -0.236 e. The molecule has 0 saturated heterocycles. The molecule has 4 rings (SSSR count). The maximum Gasteiger partial charge on any atom is 0.159 e. The van der Waals surface area contributed by atoms with E-state index in [4.69, 9.17) is 9.97 Å². The van der Waals surface area contributed by atoms with E-state index in [2.05, 4.69) is 77.1 Å². The van der Waals surface area contributed by atoms with Crippen molar-refractivity contribution in [2.45, 2.75) is 45.4 Å². The molecule has 126 valence electrons. The second-order valence-corrected chi connectivity index (χ2v) is 8.44. The summed E-state index contributed by atoms with van der Waals surface area (Å²) in [6.07, 6.45) is 3.94. The van der Waals surface area contributed by atoms with E-state index in [1.54, 1.807) is 0 Å². The molecule has 0 saturated carbocycles. The van der Waals surface area contributed by atoms with Crippen LogP contribution < -0.4 is 0 Å². The Balaban J connectivity index is 1.90. The predicted molar refractivity (Wildman–Crippen MR) is 104 cm³/mol. The molecule has 2 heteroatoms. The van der Waals surface area contributed by atoms with E-state index >= 15 is 0 Å². The van der Waals surface area contributed by atoms with E-state index in [1.165, 1.54) is 22.3 Å². The van der Waals surface area contributed by atoms with Crippen LogP contribution in [0, 0.1) is 0 Å². The lowest BCUT2D eigenvalue weighted by Crippen LogP contribution is -2.17. The molecule has 3 aromatic rings. The van der Waals surface area contributed by atoms with Crippen molar-refractivity contribution < 1.29 is 0 Å².